The Balaban J connectivity index is 0.00000132. The fourth-order valence-electron chi connectivity index (χ4n) is 2.13. The molecule has 1 fully saturated rings. The van der Waals surface area contributed by atoms with Gasteiger partial charge in [-0.2, -0.15) is 9.52 Å². The summed E-state index contributed by atoms with van der Waals surface area (Å²) in [6, 6.07) is 3.25. The Kier molecular flexibility index (Phi) is 3.69. The van der Waals surface area contributed by atoms with Crippen molar-refractivity contribution in [3.05, 3.63) is 17.5 Å². The predicted octanol–water partition coefficient (Wildman–Crippen LogP) is 0.402. The molecule has 1 saturated heterocycles. The monoisotopic (exact) mass is 332 g/mol. The van der Waals surface area contributed by atoms with Gasteiger partial charge in [0.1, 0.15) is 4.21 Å². The van der Waals surface area contributed by atoms with Crippen LogP contribution in [-0.2, 0) is 14.8 Å². The Labute approximate surface area is 127 Å². The Morgan fingerprint density at radius 3 is 3.10 bits per heavy atom. The maximum atomic E-state index is 12.3. The minimum absolute atomic E-state index is 0. The summed E-state index contributed by atoms with van der Waals surface area (Å²) < 4.78 is 26.3. The molecule has 1 amide bonds. The first kappa shape index (κ1) is 14.1. The average Bonchev–Trinajstić information content (AvgIpc) is 3.20. The summed E-state index contributed by atoms with van der Waals surface area (Å²) in [7, 11) is -3.50. The summed E-state index contributed by atoms with van der Waals surface area (Å²) >= 11 is 1.17. The lowest BCUT2D eigenvalue weighted by Gasteiger charge is -2.14. The van der Waals surface area contributed by atoms with Gasteiger partial charge in [-0.05, 0) is 23.1 Å². The van der Waals surface area contributed by atoms with E-state index in [9.17, 15) is 13.2 Å². The number of tetrazole rings is 1. The number of rotatable bonds is 4. The fraction of sp³-hybridized carbons (Fsp3) is 0.400. The number of aromatic amines is 1. The highest BCUT2D eigenvalue weighted by Crippen LogP contribution is 2.27. The van der Waals surface area contributed by atoms with Gasteiger partial charge in [0.15, 0.2) is 0 Å². The first-order chi connectivity index (χ1) is 10.1. The fourth-order valence-corrected chi connectivity index (χ4v) is 4.77. The van der Waals surface area contributed by atoms with E-state index in [0.717, 1.165) is 0 Å². The normalized spacial score (nSPS) is 19.7. The van der Waals surface area contributed by atoms with Crippen LogP contribution in [0.15, 0.2) is 21.7 Å². The minimum Gasteiger partial charge on any atom is -0.292 e. The summed E-state index contributed by atoms with van der Waals surface area (Å²) in [6.07, 6.45) is 0.467. The third-order valence-electron chi connectivity index (χ3n) is 3.19. The molecule has 21 heavy (non-hydrogen) atoms. The lowest BCUT2D eigenvalue weighted by Crippen LogP contribution is -2.31. The SMILES string of the molecule is O=C(Nc1nn[nH]n1)[C@H]1CCN(S(=O)(=O)c2cccs2)C1.[HH].[HH]. The number of aromatic nitrogens is 4. The molecular weight excluding hydrogens is 316 g/mol. The molecule has 0 saturated carbocycles. The van der Waals surface area contributed by atoms with E-state index < -0.39 is 15.9 Å². The van der Waals surface area contributed by atoms with Gasteiger partial charge in [-0.3, -0.25) is 10.1 Å². The highest BCUT2D eigenvalue weighted by atomic mass is 32.2. The van der Waals surface area contributed by atoms with E-state index in [0.29, 0.717) is 17.2 Å². The molecule has 3 heterocycles. The van der Waals surface area contributed by atoms with Crippen molar-refractivity contribution in [1.29, 1.82) is 0 Å². The van der Waals surface area contributed by atoms with Gasteiger partial charge in [0.05, 0.1) is 5.92 Å². The third-order valence-corrected chi connectivity index (χ3v) is 6.43. The Hall–Kier alpha value is -1.85. The first-order valence-corrected chi connectivity index (χ1v) is 8.47. The number of thiophene rings is 1. The number of sulfonamides is 1. The number of nitrogens with zero attached hydrogens (tertiary/aromatic N) is 4. The largest absolute Gasteiger partial charge is 0.292 e. The average molecular weight is 332 g/mol. The summed E-state index contributed by atoms with van der Waals surface area (Å²) in [5.41, 5.74) is 0. The topological polar surface area (TPSA) is 121 Å². The second-order valence-electron chi connectivity index (χ2n) is 4.51. The van der Waals surface area contributed by atoms with Gasteiger partial charge < -0.3 is 0 Å². The first-order valence-electron chi connectivity index (χ1n) is 6.15. The number of carbonyl (C=O) groups is 1. The quantitative estimate of drug-likeness (QED) is 0.836. The van der Waals surface area contributed by atoms with Crippen LogP contribution in [0.5, 0.6) is 0 Å². The van der Waals surface area contributed by atoms with Gasteiger partial charge >= 0.3 is 0 Å². The van der Waals surface area contributed by atoms with Gasteiger partial charge in [0, 0.05) is 15.9 Å². The molecule has 116 valence electrons. The Morgan fingerprint density at radius 2 is 2.43 bits per heavy atom. The molecule has 9 nitrogen and oxygen atoms in total. The smallest absolute Gasteiger partial charge is 0.269 e. The van der Waals surface area contributed by atoms with Crippen molar-refractivity contribution in [2.75, 3.05) is 18.4 Å². The van der Waals surface area contributed by atoms with Crippen molar-refractivity contribution in [1.82, 2.24) is 24.9 Å². The van der Waals surface area contributed by atoms with Gasteiger partial charge in [0.25, 0.3) is 16.0 Å². The van der Waals surface area contributed by atoms with Crippen molar-refractivity contribution < 1.29 is 16.1 Å². The zero-order valence-corrected chi connectivity index (χ0v) is 12.4. The van der Waals surface area contributed by atoms with Crippen molar-refractivity contribution in [3.63, 3.8) is 0 Å². The van der Waals surface area contributed by atoms with Crippen LogP contribution in [0.25, 0.3) is 0 Å². The molecular formula is C10H16N6O3S2. The molecule has 0 spiro atoms. The molecule has 2 aromatic heterocycles. The molecule has 1 atom stereocenters. The Bertz CT molecular complexity index is 722. The van der Waals surface area contributed by atoms with Crippen LogP contribution in [0.1, 0.15) is 9.27 Å². The van der Waals surface area contributed by atoms with Crippen molar-refractivity contribution >= 4 is 33.2 Å². The van der Waals surface area contributed by atoms with E-state index in [-0.39, 0.29) is 21.3 Å². The summed E-state index contributed by atoms with van der Waals surface area (Å²) in [5, 5.41) is 17.0. The number of amides is 1. The maximum absolute atomic E-state index is 12.3. The molecule has 2 N–H and O–H groups in total. The lowest BCUT2D eigenvalue weighted by atomic mass is 10.1. The lowest BCUT2D eigenvalue weighted by molar-refractivity contribution is -0.119. The number of nitrogens with one attached hydrogen (secondary N) is 2. The molecule has 1 aliphatic rings. The highest BCUT2D eigenvalue weighted by molar-refractivity contribution is 7.91. The zero-order valence-electron chi connectivity index (χ0n) is 10.8. The number of hydrogen-bond acceptors (Lipinski definition) is 7. The molecule has 0 aliphatic carbocycles. The summed E-state index contributed by atoms with van der Waals surface area (Å²) in [6.45, 7) is 0.481. The van der Waals surface area contributed by atoms with Crippen molar-refractivity contribution in [3.8, 4) is 0 Å². The van der Waals surface area contributed by atoms with Crippen molar-refractivity contribution in [2.24, 2.45) is 5.92 Å². The highest BCUT2D eigenvalue weighted by Gasteiger charge is 2.36. The summed E-state index contributed by atoms with van der Waals surface area (Å²) in [5.74, 6) is -0.641. The van der Waals surface area contributed by atoms with E-state index in [1.165, 1.54) is 15.6 Å². The number of H-pyrrole nitrogens is 1. The molecule has 0 radical (unpaired) electrons. The van der Waals surface area contributed by atoms with Crippen LogP contribution in [0.2, 0.25) is 0 Å². The van der Waals surface area contributed by atoms with Gasteiger partial charge in [-0.15, -0.1) is 16.4 Å². The number of anilines is 1. The van der Waals surface area contributed by atoms with Gasteiger partial charge in [-0.1, -0.05) is 11.2 Å². The van der Waals surface area contributed by atoms with E-state index in [1.54, 1.807) is 17.5 Å². The molecule has 0 aromatic carbocycles. The van der Waals surface area contributed by atoms with E-state index in [1.807, 2.05) is 0 Å². The third kappa shape index (κ3) is 2.80. The van der Waals surface area contributed by atoms with Crippen LogP contribution in [0.3, 0.4) is 0 Å². The molecule has 11 heteroatoms. The molecule has 3 rings (SSSR count). The minimum atomic E-state index is -3.50. The van der Waals surface area contributed by atoms with E-state index >= 15 is 0 Å². The van der Waals surface area contributed by atoms with Crippen LogP contribution in [0, 0.1) is 5.92 Å². The van der Waals surface area contributed by atoms with Crippen LogP contribution < -0.4 is 5.32 Å². The second kappa shape index (κ2) is 5.50. The number of carbonyl (C=O) groups excluding carboxylic acids is 1. The number of hydrogen-bond donors (Lipinski definition) is 2. The van der Waals surface area contributed by atoms with Gasteiger partial charge in [0.2, 0.25) is 5.91 Å². The van der Waals surface area contributed by atoms with E-state index in [4.69, 9.17) is 0 Å². The van der Waals surface area contributed by atoms with Crippen LogP contribution in [0.4, 0.5) is 5.95 Å². The molecule has 1 aliphatic heterocycles. The molecule has 0 bridgehead atoms. The van der Waals surface area contributed by atoms with Gasteiger partial charge in [-0.25, -0.2) is 8.42 Å². The van der Waals surface area contributed by atoms with E-state index in [2.05, 4.69) is 25.9 Å². The van der Waals surface area contributed by atoms with Crippen LogP contribution in [-0.4, -0.2) is 52.3 Å². The zero-order chi connectivity index (χ0) is 14.9. The maximum Gasteiger partial charge on any atom is 0.269 e. The molecule has 0 unspecified atom stereocenters. The predicted molar refractivity (Wildman–Crippen MR) is 78.2 cm³/mol. The standard InChI is InChI=1S/C10H12N6O3S2.2H2/c17-9(11-10-12-14-15-13-10)7-3-4-16(6-7)21(18,19)8-2-1-5-20-8;;/h1-2,5,7H,3-4,6H2,(H2,11,12,13,14,15,17);2*1H/t7-;;/m0../s1. The second-order valence-corrected chi connectivity index (χ2v) is 7.62. The Morgan fingerprint density at radius 1 is 1.57 bits per heavy atom. The molecule has 2 aromatic rings. The van der Waals surface area contributed by atoms with Crippen molar-refractivity contribution in [2.45, 2.75) is 10.6 Å². The van der Waals surface area contributed by atoms with Crippen LogP contribution >= 0.6 is 11.3 Å². The summed E-state index contributed by atoms with van der Waals surface area (Å²) in [4.78, 5) is 12.0.